The zero-order valence-electron chi connectivity index (χ0n) is 19.2. The van der Waals surface area contributed by atoms with Crippen LogP contribution in [0.1, 0.15) is 60.8 Å². The maximum atomic E-state index is 12.7. The number of aryl methyl sites for hydroxylation is 1. The molecular weight excluding hydrogens is 396 g/mol. The third kappa shape index (κ3) is 5.54. The summed E-state index contributed by atoms with van der Waals surface area (Å²) in [4.78, 5) is 29.1. The van der Waals surface area contributed by atoms with Crippen LogP contribution in [0.2, 0.25) is 0 Å². The van der Waals surface area contributed by atoms with Crippen molar-refractivity contribution in [3.05, 3.63) is 52.8 Å². The van der Waals surface area contributed by atoms with Gasteiger partial charge in [-0.2, -0.15) is 0 Å². The highest BCUT2D eigenvalue weighted by Gasteiger charge is 2.30. The highest BCUT2D eigenvalue weighted by molar-refractivity contribution is 5.97. The first-order chi connectivity index (χ1) is 14.6. The number of esters is 1. The number of carbonyl (C=O) groups is 2. The summed E-state index contributed by atoms with van der Waals surface area (Å²) in [5.74, 6) is -1.26. The Morgan fingerprint density at radius 2 is 1.77 bits per heavy atom. The van der Waals surface area contributed by atoms with Gasteiger partial charge in [-0.15, -0.1) is 0 Å². The van der Waals surface area contributed by atoms with Crippen LogP contribution in [0.15, 0.2) is 30.5 Å². The van der Waals surface area contributed by atoms with E-state index >= 15 is 0 Å². The summed E-state index contributed by atoms with van der Waals surface area (Å²) in [6.45, 7) is 11.7. The van der Waals surface area contributed by atoms with E-state index in [0.29, 0.717) is 0 Å². The number of aromatic nitrogens is 1. The number of hydrogen-bond acceptors (Lipinski definition) is 6. The van der Waals surface area contributed by atoms with Gasteiger partial charge < -0.3 is 19.9 Å². The Hall–Kier alpha value is -3.09. The predicted octanol–water partition coefficient (Wildman–Crippen LogP) is 3.90. The minimum absolute atomic E-state index is 0.0100. The predicted molar refractivity (Wildman–Crippen MR) is 118 cm³/mol. The molecular formula is C24H32N2O5. The summed E-state index contributed by atoms with van der Waals surface area (Å²) in [5, 5.41) is 12.6. The number of carbonyl (C=O) groups excluding carboxylic acids is 2. The fourth-order valence-corrected chi connectivity index (χ4v) is 3.74. The molecule has 1 heterocycles. The number of amides is 1. The van der Waals surface area contributed by atoms with Crippen molar-refractivity contribution in [1.29, 1.82) is 0 Å². The van der Waals surface area contributed by atoms with Gasteiger partial charge in [0.05, 0.1) is 7.11 Å². The second-order valence-corrected chi connectivity index (χ2v) is 8.11. The number of methoxy groups -OCH3 is 1. The molecule has 0 fully saturated rings. The largest absolute Gasteiger partial charge is 0.503 e. The third-order valence-corrected chi connectivity index (χ3v) is 5.56. The Balaban J connectivity index is 2.12. The summed E-state index contributed by atoms with van der Waals surface area (Å²) < 4.78 is 10.7. The van der Waals surface area contributed by atoms with Crippen molar-refractivity contribution in [3.8, 4) is 11.5 Å². The molecule has 7 heteroatoms. The van der Waals surface area contributed by atoms with Crippen molar-refractivity contribution in [3.63, 3.8) is 0 Å². The minimum Gasteiger partial charge on any atom is -0.503 e. The number of rotatable bonds is 8. The van der Waals surface area contributed by atoms with Crippen LogP contribution in [0.4, 0.5) is 0 Å². The van der Waals surface area contributed by atoms with Crippen molar-refractivity contribution in [2.75, 3.05) is 7.11 Å². The topological polar surface area (TPSA) is 97.8 Å². The summed E-state index contributed by atoms with van der Waals surface area (Å²) >= 11 is 0. The highest BCUT2D eigenvalue weighted by atomic mass is 16.5. The van der Waals surface area contributed by atoms with Gasteiger partial charge in [-0.05, 0) is 50.3 Å². The van der Waals surface area contributed by atoms with E-state index in [9.17, 15) is 14.7 Å². The van der Waals surface area contributed by atoms with E-state index in [1.54, 1.807) is 0 Å². The van der Waals surface area contributed by atoms with E-state index in [4.69, 9.17) is 9.47 Å². The zero-order valence-corrected chi connectivity index (χ0v) is 19.2. The Labute approximate surface area is 183 Å². The summed E-state index contributed by atoms with van der Waals surface area (Å²) in [5.41, 5.74) is 3.30. The Morgan fingerprint density at radius 1 is 1.10 bits per heavy atom. The molecule has 0 bridgehead atoms. The molecule has 31 heavy (non-hydrogen) atoms. The molecule has 2 rings (SSSR count). The smallest absolute Gasteiger partial charge is 0.328 e. The molecule has 168 valence electrons. The van der Waals surface area contributed by atoms with Gasteiger partial charge in [0, 0.05) is 18.2 Å². The molecule has 2 aromatic rings. The van der Waals surface area contributed by atoms with Gasteiger partial charge in [-0.1, -0.05) is 32.0 Å². The molecule has 0 aliphatic heterocycles. The molecule has 0 aliphatic carbocycles. The molecule has 0 saturated heterocycles. The molecule has 1 amide bonds. The molecule has 0 radical (unpaired) electrons. The van der Waals surface area contributed by atoms with Crippen LogP contribution in [0.25, 0.3) is 0 Å². The monoisotopic (exact) mass is 428 g/mol. The van der Waals surface area contributed by atoms with Gasteiger partial charge in [-0.3, -0.25) is 4.79 Å². The molecule has 0 spiro atoms. The van der Waals surface area contributed by atoms with Crippen LogP contribution in [-0.4, -0.2) is 41.2 Å². The van der Waals surface area contributed by atoms with E-state index < -0.39 is 24.0 Å². The van der Waals surface area contributed by atoms with Crippen LogP contribution in [-0.2, 0) is 9.53 Å². The van der Waals surface area contributed by atoms with Crippen LogP contribution in [0.5, 0.6) is 11.5 Å². The normalized spacial score (nSPS) is 13.9. The lowest BCUT2D eigenvalue weighted by Crippen LogP contribution is -2.42. The average molecular weight is 429 g/mol. The maximum absolute atomic E-state index is 12.7. The Bertz CT molecular complexity index is 942. The Morgan fingerprint density at radius 3 is 2.39 bits per heavy atom. The number of ether oxygens (including phenoxy) is 2. The van der Waals surface area contributed by atoms with E-state index in [0.717, 1.165) is 5.56 Å². The summed E-state index contributed by atoms with van der Waals surface area (Å²) in [6.07, 6.45) is 0.950. The second-order valence-electron chi connectivity index (χ2n) is 8.11. The van der Waals surface area contributed by atoms with Gasteiger partial charge in [0.15, 0.2) is 17.2 Å². The standard InChI is InChI=1S/C24H32N2O5/c1-13(2)20(18-10-8-9-14(3)15(18)4)17(6)31-24(29)16(5)26-23(28)21-22(27)19(30-7)11-12-25-21/h8-13,16-17,20,27H,1-7H3,(H,26,28)/t16-,17-,20+/m0/s1. The fourth-order valence-electron chi connectivity index (χ4n) is 3.74. The first-order valence-electron chi connectivity index (χ1n) is 10.4. The number of pyridine rings is 1. The van der Waals surface area contributed by atoms with E-state index in [2.05, 4.69) is 50.1 Å². The van der Waals surface area contributed by atoms with Crippen molar-refractivity contribution in [1.82, 2.24) is 10.3 Å². The van der Waals surface area contributed by atoms with Crippen LogP contribution in [0.3, 0.4) is 0 Å². The average Bonchev–Trinajstić information content (AvgIpc) is 2.71. The van der Waals surface area contributed by atoms with Crippen molar-refractivity contribution >= 4 is 11.9 Å². The Kier molecular flexibility index (Phi) is 8.02. The molecule has 3 atom stereocenters. The van der Waals surface area contributed by atoms with Crippen molar-refractivity contribution < 1.29 is 24.2 Å². The summed E-state index contributed by atoms with van der Waals surface area (Å²) in [7, 11) is 1.37. The maximum Gasteiger partial charge on any atom is 0.328 e. The molecule has 1 aromatic heterocycles. The van der Waals surface area contributed by atoms with Crippen molar-refractivity contribution in [2.45, 2.75) is 59.6 Å². The van der Waals surface area contributed by atoms with E-state index in [1.165, 1.54) is 37.4 Å². The number of nitrogens with zero attached hydrogens (tertiary/aromatic N) is 1. The molecule has 0 saturated carbocycles. The van der Waals surface area contributed by atoms with E-state index in [1.807, 2.05) is 13.0 Å². The lowest BCUT2D eigenvalue weighted by atomic mass is 9.81. The second kappa shape index (κ2) is 10.3. The molecule has 7 nitrogen and oxygen atoms in total. The van der Waals surface area contributed by atoms with Gasteiger partial charge in [0.2, 0.25) is 0 Å². The highest BCUT2D eigenvalue weighted by Crippen LogP contribution is 2.33. The lowest BCUT2D eigenvalue weighted by Gasteiger charge is -2.30. The fraction of sp³-hybridized carbons (Fsp3) is 0.458. The van der Waals surface area contributed by atoms with Gasteiger partial charge in [0.1, 0.15) is 12.1 Å². The van der Waals surface area contributed by atoms with Gasteiger partial charge in [0.25, 0.3) is 5.91 Å². The van der Waals surface area contributed by atoms with Crippen LogP contribution < -0.4 is 10.1 Å². The first kappa shape index (κ1) is 24.2. The number of nitrogens with one attached hydrogen (secondary N) is 1. The van der Waals surface area contributed by atoms with Crippen LogP contribution in [0, 0.1) is 19.8 Å². The number of benzene rings is 1. The molecule has 0 unspecified atom stereocenters. The number of hydrogen-bond donors (Lipinski definition) is 2. The lowest BCUT2D eigenvalue weighted by molar-refractivity contribution is -0.151. The van der Waals surface area contributed by atoms with Crippen molar-refractivity contribution in [2.24, 2.45) is 5.92 Å². The zero-order chi connectivity index (χ0) is 23.3. The third-order valence-electron chi connectivity index (χ3n) is 5.56. The molecule has 0 aliphatic rings. The number of aromatic hydroxyl groups is 1. The minimum atomic E-state index is -0.922. The first-order valence-corrected chi connectivity index (χ1v) is 10.4. The summed E-state index contributed by atoms with van der Waals surface area (Å²) in [6, 6.07) is 6.66. The molecule has 2 N–H and O–H groups in total. The van der Waals surface area contributed by atoms with Gasteiger partial charge >= 0.3 is 5.97 Å². The molecule has 1 aromatic carbocycles. The SMILES string of the molecule is COc1ccnc(C(=O)N[C@@H](C)C(=O)O[C@@H](C)[C@H](c2cccc(C)c2C)C(C)C)c1O. The quantitative estimate of drug-likeness (QED) is 0.619. The van der Waals surface area contributed by atoms with Gasteiger partial charge in [-0.25, -0.2) is 9.78 Å². The van der Waals surface area contributed by atoms with E-state index in [-0.39, 0.29) is 29.0 Å². The van der Waals surface area contributed by atoms with Crippen LogP contribution >= 0.6 is 0 Å².